The Hall–Kier alpha value is -0.630. The van der Waals surface area contributed by atoms with Crippen molar-refractivity contribution in [3.8, 4) is 0 Å². The molecule has 0 aliphatic heterocycles. The molecule has 4 rings (SSSR count). The van der Waals surface area contributed by atoms with Crippen LogP contribution in [0.5, 0.6) is 0 Å². The number of ketones is 1. The fraction of sp³-hybridized carbons (Fsp3) is 0.857. The van der Waals surface area contributed by atoms with Gasteiger partial charge in [-0.1, -0.05) is 25.8 Å². The topological polar surface area (TPSA) is 37.3 Å². The number of hydrogen-bond acceptors (Lipinski definition) is 2. The van der Waals surface area contributed by atoms with Gasteiger partial charge in [0.1, 0.15) is 0 Å². The number of carbonyl (C=O) groups is 1. The van der Waals surface area contributed by atoms with Crippen molar-refractivity contribution < 1.29 is 9.90 Å². The molecule has 4 aliphatic rings. The van der Waals surface area contributed by atoms with Gasteiger partial charge in [-0.05, 0) is 80.1 Å². The van der Waals surface area contributed by atoms with Crippen LogP contribution in [0.4, 0.5) is 0 Å². The fourth-order valence-corrected chi connectivity index (χ4v) is 7.51. The van der Waals surface area contributed by atoms with Gasteiger partial charge in [-0.2, -0.15) is 0 Å². The van der Waals surface area contributed by atoms with E-state index in [2.05, 4.69) is 13.8 Å². The monoisotopic (exact) mass is 316 g/mol. The van der Waals surface area contributed by atoms with E-state index in [1.165, 1.54) is 50.5 Å². The largest absolute Gasteiger partial charge is 0.392 e. The normalized spacial score (nSPS) is 49.2. The second-order valence-electron chi connectivity index (χ2n) is 8.76. The molecule has 0 amide bonds. The summed E-state index contributed by atoms with van der Waals surface area (Å²) in [4.78, 5) is 11.8. The molecule has 0 bridgehead atoms. The van der Waals surface area contributed by atoms with Crippen LogP contribution < -0.4 is 0 Å². The molecule has 0 spiro atoms. The zero-order valence-electron chi connectivity index (χ0n) is 14.8. The molecule has 1 unspecified atom stereocenters. The van der Waals surface area contributed by atoms with E-state index < -0.39 is 6.10 Å². The Kier molecular flexibility index (Phi) is 3.95. The predicted octanol–water partition coefficient (Wildman–Crippen LogP) is 4.52. The Morgan fingerprint density at radius 2 is 2.00 bits per heavy atom. The van der Waals surface area contributed by atoms with Crippen LogP contribution in [0.2, 0.25) is 0 Å². The number of fused-ring (bicyclic) bond motifs is 5. The van der Waals surface area contributed by atoms with E-state index in [9.17, 15) is 9.90 Å². The third kappa shape index (κ3) is 2.20. The van der Waals surface area contributed by atoms with Crippen LogP contribution >= 0.6 is 0 Å². The van der Waals surface area contributed by atoms with Gasteiger partial charge in [0, 0.05) is 12.3 Å². The molecule has 3 saturated carbocycles. The summed E-state index contributed by atoms with van der Waals surface area (Å²) in [5, 5.41) is 10.6. The average Bonchev–Trinajstić information content (AvgIpc) is 2.93. The van der Waals surface area contributed by atoms with E-state index in [1.54, 1.807) is 0 Å². The first-order valence-electron chi connectivity index (χ1n) is 10.0. The second-order valence-corrected chi connectivity index (χ2v) is 8.76. The SMILES string of the molecule is CC[C@H]1CC[C@H]2[C@@H]3CCC4=CC(=O)CC(O)[C@@H]4[C@H]3CC[C@]12CC. The Morgan fingerprint density at radius 1 is 1.17 bits per heavy atom. The first-order valence-corrected chi connectivity index (χ1v) is 10.0. The molecule has 7 atom stereocenters. The Labute approximate surface area is 140 Å². The maximum atomic E-state index is 11.8. The fourth-order valence-electron chi connectivity index (χ4n) is 7.51. The molecule has 0 radical (unpaired) electrons. The number of rotatable bonds is 2. The molecule has 0 aromatic heterocycles. The van der Waals surface area contributed by atoms with Crippen LogP contribution in [0.3, 0.4) is 0 Å². The summed E-state index contributed by atoms with van der Waals surface area (Å²) in [7, 11) is 0. The van der Waals surface area contributed by atoms with E-state index in [0.29, 0.717) is 23.7 Å². The molecule has 1 N–H and O–H groups in total. The van der Waals surface area contributed by atoms with E-state index in [4.69, 9.17) is 0 Å². The number of aliphatic hydroxyl groups excluding tert-OH is 1. The highest BCUT2D eigenvalue weighted by Crippen LogP contribution is 2.65. The lowest BCUT2D eigenvalue weighted by Gasteiger charge is -2.55. The number of carbonyl (C=O) groups excluding carboxylic acids is 1. The maximum absolute atomic E-state index is 11.8. The highest BCUT2D eigenvalue weighted by molar-refractivity contribution is 5.92. The standard InChI is InChI=1S/C21H32O2/c1-3-14-6-8-18-16-7-5-13-11-15(22)12-19(23)20(13)17(16)9-10-21(14,18)4-2/h11,14,16-20,23H,3-10,12H2,1-2H3/t14-,16+,17-,18-,19?,20-,21+/m0/s1. The molecule has 3 fully saturated rings. The van der Waals surface area contributed by atoms with Crippen molar-refractivity contribution in [1.82, 2.24) is 0 Å². The van der Waals surface area contributed by atoms with Gasteiger partial charge in [0.2, 0.25) is 0 Å². The molecule has 0 saturated heterocycles. The van der Waals surface area contributed by atoms with Gasteiger partial charge in [-0.3, -0.25) is 4.79 Å². The lowest BCUT2D eigenvalue weighted by molar-refractivity contribution is -0.120. The highest BCUT2D eigenvalue weighted by Gasteiger charge is 2.57. The van der Waals surface area contributed by atoms with Crippen molar-refractivity contribution in [1.29, 1.82) is 0 Å². The summed E-state index contributed by atoms with van der Waals surface area (Å²) in [6.07, 6.45) is 12.3. The van der Waals surface area contributed by atoms with Gasteiger partial charge >= 0.3 is 0 Å². The van der Waals surface area contributed by atoms with Crippen molar-refractivity contribution in [2.75, 3.05) is 0 Å². The van der Waals surface area contributed by atoms with Gasteiger partial charge < -0.3 is 5.11 Å². The third-order valence-electron chi connectivity index (χ3n) is 8.37. The van der Waals surface area contributed by atoms with E-state index >= 15 is 0 Å². The maximum Gasteiger partial charge on any atom is 0.158 e. The zero-order valence-corrected chi connectivity index (χ0v) is 14.8. The van der Waals surface area contributed by atoms with Crippen LogP contribution in [-0.2, 0) is 4.79 Å². The Bertz CT molecular complexity index is 522. The number of hydrogen-bond donors (Lipinski definition) is 1. The smallest absolute Gasteiger partial charge is 0.158 e. The minimum atomic E-state index is -0.409. The Morgan fingerprint density at radius 3 is 2.74 bits per heavy atom. The first-order chi connectivity index (χ1) is 11.1. The summed E-state index contributed by atoms with van der Waals surface area (Å²) in [5.74, 6) is 3.68. The average molecular weight is 316 g/mol. The van der Waals surface area contributed by atoms with Crippen LogP contribution in [-0.4, -0.2) is 17.0 Å². The van der Waals surface area contributed by atoms with Crippen molar-refractivity contribution >= 4 is 5.78 Å². The van der Waals surface area contributed by atoms with Gasteiger partial charge in [0.25, 0.3) is 0 Å². The summed E-state index contributed by atoms with van der Waals surface area (Å²) in [6.45, 7) is 4.80. The minimum absolute atomic E-state index is 0.146. The number of aliphatic hydroxyl groups is 1. The van der Waals surface area contributed by atoms with E-state index in [-0.39, 0.29) is 5.78 Å². The summed E-state index contributed by atoms with van der Waals surface area (Å²) in [6, 6.07) is 0. The van der Waals surface area contributed by atoms with Crippen LogP contribution in [0.1, 0.15) is 71.6 Å². The van der Waals surface area contributed by atoms with E-state index in [1.807, 2.05) is 6.08 Å². The molecule has 0 aromatic rings. The Balaban J connectivity index is 1.65. The second kappa shape index (κ2) is 5.72. The first kappa shape index (κ1) is 15.9. The molecular formula is C21H32O2. The molecule has 128 valence electrons. The molecule has 23 heavy (non-hydrogen) atoms. The molecular weight excluding hydrogens is 284 g/mol. The van der Waals surface area contributed by atoms with Crippen molar-refractivity contribution in [2.24, 2.45) is 35.0 Å². The van der Waals surface area contributed by atoms with Crippen LogP contribution in [0.25, 0.3) is 0 Å². The van der Waals surface area contributed by atoms with Crippen LogP contribution in [0, 0.1) is 35.0 Å². The van der Waals surface area contributed by atoms with Gasteiger partial charge in [0.05, 0.1) is 6.10 Å². The van der Waals surface area contributed by atoms with Gasteiger partial charge in [-0.15, -0.1) is 0 Å². The summed E-state index contributed by atoms with van der Waals surface area (Å²) >= 11 is 0. The molecule has 4 aliphatic carbocycles. The van der Waals surface area contributed by atoms with Crippen molar-refractivity contribution in [3.05, 3.63) is 11.6 Å². The van der Waals surface area contributed by atoms with Gasteiger partial charge in [-0.25, -0.2) is 0 Å². The molecule has 2 heteroatoms. The lowest BCUT2D eigenvalue weighted by Crippen LogP contribution is -2.50. The quantitative estimate of drug-likeness (QED) is 0.813. The lowest BCUT2D eigenvalue weighted by atomic mass is 9.49. The highest BCUT2D eigenvalue weighted by atomic mass is 16.3. The molecule has 0 heterocycles. The van der Waals surface area contributed by atoms with Crippen molar-refractivity contribution in [2.45, 2.75) is 77.7 Å². The zero-order chi connectivity index (χ0) is 16.2. The van der Waals surface area contributed by atoms with E-state index in [0.717, 1.165) is 24.2 Å². The summed E-state index contributed by atoms with van der Waals surface area (Å²) in [5.41, 5.74) is 1.87. The predicted molar refractivity (Wildman–Crippen MR) is 91.9 cm³/mol. The molecule has 2 nitrogen and oxygen atoms in total. The molecule has 0 aromatic carbocycles. The van der Waals surface area contributed by atoms with Crippen molar-refractivity contribution in [3.63, 3.8) is 0 Å². The van der Waals surface area contributed by atoms with Gasteiger partial charge in [0.15, 0.2) is 5.78 Å². The minimum Gasteiger partial charge on any atom is -0.392 e. The third-order valence-corrected chi connectivity index (χ3v) is 8.37. The summed E-state index contributed by atoms with van der Waals surface area (Å²) < 4.78 is 0. The van der Waals surface area contributed by atoms with Crippen LogP contribution in [0.15, 0.2) is 11.6 Å².